The third-order valence-electron chi connectivity index (χ3n) is 3.23. The number of primary amides is 1. The zero-order valence-corrected chi connectivity index (χ0v) is 13.7. The quantitative estimate of drug-likeness (QED) is 0.477. The minimum Gasteiger partial charge on any atom is -0.423 e. The fraction of sp³-hybridized carbons (Fsp3) is 0.105. The molecule has 0 fully saturated rings. The molecule has 0 aliphatic heterocycles. The standard InChI is InChI=1S/C19H18N2O4/c1-13-5-7-14(8-6-13)9-10-18(23)25-16-4-2-3-15(11-16)19(24)21-12-17(20)22/h2-11H,12H2,1H3,(H2,20,22)(H,21,24). The van der Waals surface area contributed by atoms with Crippen molar-refractivity contribution in [2.75, 3.05) is 6.54 Å². The smallest absolute Gasteiger partial charge is 0.336 e. The molecular formula is C19H18N2O4. The highest BCUT2D eigenvalue weighted by atomic mass is 16.5. The van der Waals surface area contributed by atoms with Crippen LogP contribution in [0.4, 0.5) is 0 Å². The van der Waals surface area contributed by atoms with E-state index in [9.17, 15) is 14.4 Å². The van der Waals surface area contributed by atoms with Crippen LogP contribution in [0.15, 0.2) is 54.6 Å². The summed E-state index contributed by atoms with van der Waals surface area (Å²) in [6.07, 6.45) is 2.95. The Hall–Kier alpha value is -3.41. The van der Waals surface area contributed by atoms with Gasteiger partial charge < -0.3 is 15.8 Å². The number of amides is 2. The second-order valence-corrected chi connectivity index (χ2v) is 5.34. The van der Waals surface area contributed by atoms with Crippen molar-refractivity contribution >= 4 is 23.9 Å². The number of aryl methyl sites for hydroxylation is 1. The summed E-state index contributed by atoms with van der Waals surface area (Å²) in [5.41, 5.74) is 7.24. The van der Waals surface area contributed by atoms with E-state index in [4.69, 9.17) is 10.5 Å². The first kappa shape index (κ1) is 17.9. The molecule has 0 radical (unpaired) electrons. The van der Waals surface area contributed by atoms with Crippen molar-refractivity contribution < 1.29 is 19.1 Å². The van der Waals surface area contributed by atoms with E-state index in [1.54, 1.807) is 18.2 Å². The maximum absolute atomic E-state index is 11.9. The number of nitrogens with two attached hydrogens (primary N) is 1. The molecule has 0 unspecified atom stereocenters. The van der Waals surface area contributed by atoms with E-state index < -0.39 is 17.8 Å². The number of hydrogen-bond donors (Lipinski definition) is 2. The van der Waals surface area contributed by atoms with Crippen LogP contribution in [0.3, 0.4) is 0 Å². The Morgan fingerprint density at radius 1 is 1.12 bits per heavy atom. The van der Waals surface area contributed by atoms with Crippen molar-refractivity contribution in [2.45, 2.75) is 6.92 Å². The molecule has 128 valence electrons. The predicted octanol–water partition coefficient (Wildman–Crippen LogP) is 1.83. The summed E-state index contributed by atoms with van der Waals surface area (Å²) < 4.78 is 5.18. The van der Waals surface area contributed by atoms with Crippen molar-refractivity contribution in [1.29, 1.82) is 0 Å². The van der Waals surface area contributed by atoms with Crippen LogP contribution < -0.4 is 15.8 Å². The van der Waals surface area contributed by atoms with Gasteiger partial charge in [0.1, 0.15) is 5.75 Å². The molecule has 3 N–H and O–H groups in total. The summed E-state index contributed by atoms with van der Waals surface area (Å²) in [4.78, 5) is 34.4. The fourth-order valence-corrected chi connectivity index (χ4v) is 1.96. The molecule has 0 heterocycles. The van der Waals surface area contributed by atoms with E-state index in [1.807, 2.05) is 31.2 Å². The van der Waals surface area contributed by atoms with E-state index in [-0.39, 0.29) is 17.9 Å². The summed E-state index contributed by atoms with van der Waals surface area (Å²) in [6, 6.07) is 13.8. The highest BCUT2D eigenvalue weighted by Crippen LogP contribution is 2.14. The van der Waals surface area contributed by atoms with Gasteiger partial charge in [-0.05, 0) is 36.8 Å². The zero-order valence-electron chi connectivity index (χ0n) is 13.7. The van der Waals surface area contributed by atoms with Gasteiger partial charge in [-0.15, -0.1) is 0 Å². The molecule has 0 saturated heterocycles. The van der Waals surface area contributed by atoms with Gasteiger partial charge in [0.2, 0.25) is 5.91 Å². The van der Waals surface area contributed by atoms with Gasteiger partial charge in [-0.3, -0.25) is 9.59 Å². The van der Waals surface area contributed by atoms with Crippen LogP contribution in [0.1, 0.15) is 21.5 Å². The Balaban J connectivity index is 1.98. The van der Waals surface area contributed by atoms with E-state index in [1.165, 1.54) is 18.2 Å². The SMILES string of the molecule is Cc1ccc(C=CC(=O)Oc2cccc(C(=O)NCC(N)=O)c2)cc1. The van der Waals surface area contributed by atoms with Crippen LogP contribution in [0.2, 0.25) is 0 Å². The number of ether oxygens (including phenoxy) is 1. The van der Waals surface area contributed by atoms with Crippen molar-refractivity contribution in [3.05, 3.63) is 71.3 Å². The minimum absolute atomic E-state index is 0.227. The molecule has 0 aromatic heterocycles. The molecule has 0 aliphatic carbocycles. The van der Waals surface area contributed by atoms with Crippen LogP contribution in [0.25, 0.3) is 6.08 Å². The number of hydrogen-bond acceptors (Lipinski definition) is 4. The van der Waals surface area contributed by atoms with Crippen LogP contribution >= 0.6 is 0 Å². The van der Waals surface area contributed by atoms with Crippen LogP contribution in [0.5, 0.6) is 5.75 Å². The summed E-state index contributed by atoms with van der Waals surface area (Å²) >= 11 is 0. The maximum Gasteiger partial charge on any atom is 0.336 e. The lowest BCUT2D eigenvalue weighted by atomic mass is 10.1. The van der Waals surface area contributed by atoms with Crippen LogP contribution in [-0.4, -0.2) is 24.3 Å². The molecule has 2 aromatic carbocycles. The van der Waals surface area contributed by atoms with Gasteiger partial charge in [0, 0.05) is 11.6 Å². The highest BCUT2D eigenvalue weighted by molar-refractivity contribution is 5.97. The van der Waals surface area contributed by atoms with Gasteiger partial charge in [0.05, 0.1) is 6.54 Å². The Bertz CT molecular complexity index is 810. The molecule has 2 aromatic rings. The summed E-state index contributed by atoms with van der Waals surface area (Å²) in [7, 11) is 0. The molecule has 0 bridgehead atoms. The first-order valence-electron chi connectivity index (χ1n) is 7.57. The lowest BCUT2D eigenvalue weighted by Crippen LogP contribution is -2.33. The van der Waals surface area contributed by atoms with E-state index >= 15 is 0 Å². The predicted molar refractivity (Wildman–Crippen MR) is 93.8 cm³/mol. The number of rotatable bonds is 6. The summed E-state index contributed by atoms with van der Waals surface area (Å²) in [6.45, 7) is 1.72. The maximum atomic E-state index is 11.9. The van der Waals surface area contributed by atoms with Crippen molar-refractivity contribution in [1.82, 2.24) is 5.32 Å². The fourth-order valence-electron chi connectivity index (χ4n) is 1.96. The Morgan fingerprint density at radius 2 is 1.84 bits per heavy atom. The summed E-state index contributed by atoms with van der Waals surface area (Å²) in [5, 5.41) is 2.36. The van der Waals surface area contributed by atoms with Gasteiger partial charge in [-0.25, -0.2) is 4.79 Å². The third kappa shape index (κ3) is 5.95. The monoisotopic (exact) mass is 338 g/mol. The number of benzene rings is 2. The molecule has 25 heavy (non-hydrogen) atoms. The third-order valence-corrected chi connectivity index (χ3v) is 3.23. The largest absolute Gasteiger partial charge is 0.423 e. The molecule has 6 nitrogen and oxygen atoms in total. The van der Waals surface area contributed by atoms with Gasteiger partial charge in [0.25, 0.3) is 5.91 Å². The second-order valence-electron chi connectivity index (χ2n) is 5.34. The number of nitrogens with one attached hydrogen (secondary N) is 1. The van der Waals surface area contributed by atoms with Crippen molar-refractivity contribution in [3.63, 3.8) is 0 Å². The van der Waals surface area contributed by atoms with E-state index in [0.29, 0.717) is 0 Å². The molecular weight excluding hydrogens is 320 g/mol. The molecule has 0 saturated carbocycles. The molecule has 0 aliphatic rings. The number of carbonyl (C=O) groups is 3. The zero-order chi connectivity index (χ0) is 18.2. The first-order chi connectivity index (χ1) is 11.9. The van der Waals surface area contributed by atoms with Crippen LogP contribution in [-0.2, 0) is 9.59 Å². The van der Waals surface area contributed by atoms with Crippen molar-refractivity contribution in [3.8, 4) is 5.75 Å². The summed E-state index contributed by atoms with van der Waals surface area (Å²) in [5.74, 6) is -1.45. The normalized spacial score (nSPS) is 10.4. The van der Waals surface area contributed by atoms with E-state index in [2.05, 4.69) is 5.32 Å². The number of carbonyl (C=O) groups excluding carboxylic acids is 3. The van der Waals surface area contributed by atoms with Gasteiger partial charge >= 0.3 is 5.97 Å². The topological polar surface area (TPSA) is 98.5 Å². The minimum atomic E-state index is -0.642. The van der Waals surface area contributed by atoms with Gasteiger partial charge in [-0.2, -0.15) is 0 Å². The molecule has 2 amide bonds. The number of esters is 1. The van der Waals surface area contributed by atoms with Crippen molar-refractivity contribution in [2.24, 2.45) is 5.73 Å². The molecule has 0 atom stereocenters. The van der Waals surface area contributed by atoms with Gasteiger partial charge in [-0.1, -0.05) is 35.9 Å². The molecule has 2 rings (SSSR count). The second kappa shape index (κ2) is 8.44. The Kier molecular flexibility index (Phi) is 6.06. The average molecular weight is 338 g/mol. The lowest BCUT2D eigenvalue weighted by molar-refractivity contribution is -0.128. The van der Waals surface area contributed by atoms with E-state index in [0.717, 1.165) is 11.1 Å². The lowest BCUT2D eigenvalue weighted by Gasteiger charge is -2.05. The highest BCUT2D eigenvalue weighted by Gasteiger charge is 2.08. The molecule has 0 spiro atoms. The molecule has 6 heteroatoms. The Labute approximate surface area is 145 Å². The van der Waals surface area contributed by atoms with Crippen LogP contribution in [0, 0.1) is 6.92 Å². The van der Waals surface area contributed by atoms with Gasteiger partial charge in [0.15, 0.2) is 0 Å². The first-order valence-corrected chi connectivity index (χ1v) is 7.57. The Morgan fingerprint density at radius 3 is 2.52 bits per heavy atom. The average Bonchev–Trinajstić information content (AvgIpc) is 2.59.